The number of hydrogen-bond donors (Lipinski definition) is 2. The Morgan fingerprint density at radius 1 is 1.37 bits per heavy atom. The first kappa shape index (κ1) is 13.5. The third kappa shape index (κ3) is 3.29. The molecule has 0 saturated carbocycles. The summed E-state index contributed by atoms with van der Waals surface area (Å²) in [6.45, 7) is 4.10. The lowest BCUT2D eigenvalue weighted by molar-refractivity contribution is -0.117. The van der Waals surface area contributed by atoms with Crippen molar-refractivity contribution in [3.05, 3.63) is 36.7 Å². The summed E-state index contributed by atoms with van der Waals surface area (Å²) in [5, 5.41) is 4.86. The van der Waals surface area contributed by atoms with Gasteiger partial charge >= 0.3 is 0 Å². The summed E-state index contributed by atoms with van der Waals surface area (Å²) in [7, 11) is 0. The zero-order valence-corrected chi connectivity index (χ0v) is 11.3. The molecule has 4 nitrogen and oxygen atoms in total. The van der Waals surface area contributed by atoms with Crippen molar-refractivity contribution in [3.63, 3.8) is 0 Å². The first-order valence-corrected chi connectivity index (χ1v) is 6.47. The molecule has 0 aliphatic rings. The van der Waals surface area contributed by atoms with E-state index in [1.807, 2.05) is 24.3 Å². The third-order valence-electron chi connectivity index (χ3n) is 3.00. The van der Waals surface area contributed by atoms with E-state index in [1.54, 1.807) is 12.4 Å². The van der Waals surface area contributed by atoms with Crippen molar-refractivity contribution in [1.29, 1.82) is 0 Å². The Bertz CT molecular complexity index is 575. The lowest BCUT2D eigenvalue weighted by Crippen LogP contribution is -2.36. The van der Waals surface area contributed by atoms with Crippen LogP contribution in [0, 0.1) is 5.92 Å². The quantitative estimate of drug-likeness (QED) is 0.884. The monoisotopic (exact) mass is 257 g/mol. The molecule has 0 aliphatic heterocycles. The van der Waals surface area contributed by atoms with E-state index in [9.17, 15) is 4.79 Å². The van der Waals surface area contributed by atoms with Gasteiger partial charge in [0.15, 0.2) is 0 Å². The molecule has 0 saturated heterocycles. The second-order valence-corrected chi connectivity index (χ2v) is 5.13. The zero-order valence-electron chi connectivity index (χ0n) is 11.3. The fourth-order valence-electron chi connectivity index (χ4n) is 2.06. The first-order valence-electron chi connectivity index (χ1n) is 6.47. The van der Waals surface area contributed by atoms with Crippen LogP contribution in [0.2, 0.25) is 0 Å². The van der Waals surface area contributed by atoms with Crippen LogP contribution in [0.5, 0.6) is 0 Å². The van der Waals surface area contributed by atoms with E-state index in [2.05, 4.69) is 24.1 Å². The number of amides is 1. The highest BCUT2D eigenvalue weighted by Crippen LogP contribution is 2.22. The lowest BCUT2D eigenvalue weighted by Gasteiger charge is -2.15. The fraction of sp³-hybridized carbons (Fsp3) is 0.333. The minimum absolute atomic E-state index is 0.148. The van der Waals surface area contributed by atoms with Gasteiger partial charge in [0.05, 0.1) is 11.7 Å². The maximum absolute atomic E-state index is 12.0. The number of nitrogens with two attached hydrogens (primary N) is 1. The molecule has 100 valence electrons. The van der Waals surface area contributed by atoms with Crippen LogP contribution in [0.3, 0.4) is 0 Å². The predicted octanol–water partition coefficient (Wildman–Crippen LogP) is 2.55. The molecule has 1 amide bonds. The number of nitrogens with one attached hydrogen (secondary N) is 1. The van der Waals surface area contributed by atoms with Crippen molar-refractivity contribution >= 4 is 22.4 Å². The number of nitrogens with zero attached hydrogens (tertiary/aromatic N) is 1. The first-order chi connectivity index (χ1) is 9.08. The van der Waals surface area contributed by atoms with Crippen LogP contribution >= 0.6 is 0 Å². The van der Waals surface area contributed by atoms with Crippen LogP contribution < -0.4 is 11.1 Å². The van der Waals surface area contributed by atoms with Gasteiger partial charge in [0.1, 0.15) is 0 Å². The van der Waals surface area contributed by atoms with E-state index >= 15 is 0 Å². The average molecular weight is 257 g/mol. The Balaban J connectivity index is 2.19. The van der Waals surface area contributed by atoms with Gasteiger partial charge in [0, 0.05) is 17.8 Å². The van der Waals surface area contributed by atoms with Crippen LogP contribution in [-0.4, -0.2) is 16.9 Å². The molecule has 1 aromatic heterocycles. The Morgan fingerprint density at radius 3 is 2.89 bits per heavy atom. The molecule has 1 atom stereocenters. The van der Waals surface area contributed by atoms with Gasteiger partial charge in [-0.15, -0.1) is 0 Å². The Morgan fingerprint density at radius 2 is 2.16 bits per heavy atom. The highest BCUT2D eigenvalue weighted by Gasteiger charge is 2.15. The Labute approximate surface area is 113 Å². The van der Waals surface area contributed by atoms with Crippen LogP contribution in [0.1, 0.15) is 20.3 Å². The van der Waals surface area contributed by atoms with Gasteiger partial charge < -0.3 is 11.1 Å². The maximum atomic E-state index is 12.0. The number of carbonyl (C=O) groups is 1. The Hall–Kier alpha value is -1.94. The van der Waals surface area contributed by atoms with Gasteiger partial charge in [0.2, 0.25) is 5.91 Å². The number of rotatable bonds is 4. The SMILES string of the molecule is CC(C)C[C@H](N)C(=O)Nc1cccc2ccncc12. The zero-order chi connectivity index (χ0) is 13.8. The van der Waals surface area contributed by atoms with E-state index in [0.29, 0.717) is 12.3 Å². The van der Waals surface area contributed by atoms with Gasteiger partial charge in [-0.05, 0) is 29.9 Å². The summed E-state index contributed by atoms with van der Waals surface area (Å²) < 4.78 is 0. The molecule has 3 N–H and O–H groups in total. The summed E-state index contributed by atoms with van der Waals surface area (Å²) >= 11 is 0. The molecule has 1 heterocycles. The molecule has 0 aliphatic carbocycles. The van der Waals surface area contributed by atoms with Gasteiger partial charge in [-0.1, -0.05) is 26.0 Å². The summed E-state index contributed by atoms with van der Waals surface area (Å²) in [6.07, 6.45) is 4.16. The van der Waals surface area contributed by atoms with E-state index in [1.165, 1.54) is 0 Å². The van der Waals surface area contributed by atoms with Gasteiger partial charge in [-0.25, -0.2) is 0 Å². The largest absolute Gasteiger partial charge is 0.324 e. The van der Waals surface area contributed by atoms with Crippen molar-refractivity contribution in [2.24, 2.45) is 11.7 Å². The lowest BCUT2D eigenvalue weighted by atomic mass is 10.0. The maximum Gasteiger partial charge on any atom is 0.241 e. The van der Waals surface area contributed by atoms with Crippen LogP contribution in [0.4, 0.5) is 5.69 Å². The molecule has 0 spiro atoms. The van der Waals surface area contributed by atoms with Crippen molar-refractivity contribution in [2.45, 2.75) is 26.3 Å². The smallest absolute Gasteiger partial charge is 0.241 e. The molecule has 0 bridgehead atoms. The number of pyridine rings is 1. The number of fused-ring (bicyclic) bond motifs is 1. The molecule has 4 heteroatoms. The highest BCUT2D eigenvalue weighted by molar-refractivity contribution is 6.03. The minimum atomic E-state index is -0.480. The number of benzene rings is 1. The van der Waals surface area contributed by atoms with Gasteiger partial charge in [-0.3, -0.25) is 9.78 Å². The van der Waals surface area contributed by atoms with E-state index < -0.39 is 6.04 Å². The van der Waals surface area contributed by atoms with Crippen molar-refractivity contribution < 1.29 is 4.79 Å². The summed E-state index contributed by atoms with van der Waals surface area (Å²) in [6, 6.07) is 7.20. The molecule has 2 rings (SSSR count). The third-order valence-corrected chi connectivity index (χ3v) is 3.00. The number of hydrogen-bond acceptors (Lipinski definition) is 3. The molecule has 0 fully saturated rings. The van der Waals surface area contributed by atoms with E-state index in [4.69, 9.17) is 5.73 Å². The Kier molecular flexibility index (Phi) is 4.12. The van der Waals surface area contributed by atoms with Crippen LogP contribution in [-0.2, 0) is 4.79 Å². The molecule has 19 heavy (non-hydrogen) atoms. The topological polar surface area (TPSA) is 68.0 Å². The molecular weight excluding hydrogens is 238 g/mol. The standard InChI is InChI=1S/C15H19N3O/c1-10(2)8-13(16)15(19)18-14-5-3-4-11-6-7-17-9-12(11)14/h3-7,9-10,13H,8,16H2,1-2H3,(H,18,19)/t13-/m0/s1. The van der Waals surface area contributed by atoms with Gasteiger partial charge in [-0.2, -0.15) is 0 Å². The fourth-order valence-corrected chi connectivity index (χ4v) is 2.06. The average Bonchev–Trinajstić information content (AvgIpc) is 2.38. The normalized spacial score (nSPS) is 12.6. The molecule has 0 radical (unpaired) electrons. The highest BCUT2D eigenvalue weighted by atomic mass is 16.2. The summed E-state index contributed by atoms with van der Waals surface area (Å²) in [4.78, 5) is 16.1. The summed E-state index contributed by atoms with van der Waals surface area (Å²) in [5.41, 5.74) is 6.64. The van der Waals surface area contributed by atoms with Crippen molar-refractivity contribution in [3.8, 4) is 0 Å². The predicted molar refractivity (Wildman–Crippen MR) is 77.8 cm³/mol. The van der Waals surface area contributed by atoms with Gasteiger partial charge in [0.25, 0.3) is 0 Å². The number of aromatic nitrogens is 1. The van der Waals surface area contributed by atoms with Crippen molar-refractivity contribution in [1.82, 2.24) is 4.98 Å². The molecule has 2 aromatic rings. The number of anilines is 1. The number of carbonyl (C=O) groups excluding carboxylic acids is 1. The van der Waals surface area contributed by atoms with Crippen LogP contribution in [0.15, 0.2) is 36.7 Å². The van der Waals surface area contributed by atoms with E-state index in [0.717, 1.165) is 16.5 Å². The van der Waals surface area contributed by atoms with Crippen LogP contribution in [0.25, 0.3) is 10.8 Å². The second kappa shape index (κ2) is 5.80. The molecule has 0 unspecified atom stereocenters. The molecular formula is C15H19N3O. The van der Waals surface area contributed by atoms with E-state index in [-0.39, 0.29) is 5.91 Å². The molecule has 1 aromatic carbocycles. The summed E-state index contributed by atoms with van der Waals surface area (Å²) in [5.74, 6) is 0.250. The van der Waals surface area contributed by atoms with Crippen molar-refractivity contribution in [2.75, 3.05) is 5.32 Å². The minimum Gasteiger partial charge on any atom is -0.324 e. The second-order valence-electron chi connectivity index (χ2n) is 5.13.